The SMILES string of the molecule is Cc1cc(CNC(=O)C23CC4CC(C2)CC(c2ccccc2)(C4)C3)ccn1. The Hall–Kier alpha value is -2.16. The number of carbonyl (C=O) groups excluding carboxylic acids is 1. The van der Waals surface area contributed by atoms with E-state index in [9.17, 15) is 4.79 Å². The van der Waals surface area contributed by atoms with Gasteiger partial charge >= 0.3 is 0 Å². The van der Waals surface area contributed by atoms with Crippen LogP contribution >= 0.6 is 0 Å². The summed E-state index contributed by atoms with van der Waals surface area (Å²) in [5.74, 6) is 1.70. The van der Waals surface area contributed by atoms with Crippen LogP contribution in [-0.2, 0) is 16.8 Å². The van der Waals surface area contributed by atoms with Crippen molar-refractivity contribution in [3.8, 4) is 0 Å². The number of carbonyl (C=O) groups is 1. The number of aryl methyl sites for hydroxylation is 1. The van der Waals surface area contributed by atoms with Crippen LogP contribution in [0.15, 0.2) is 48.7 Å². The summed E-state index contributed by atoms with van der Waals surface area (Å²) in [7, 11) is 0. The minimum atomic E-state index is -0.165. The Labute approximate surface area is 161 Å². The molecule has 1 N–H and O–H groups in total. The minimum absolute atomic E-state index is 0.165. The van der Waals surface area contributed by atoms with Gasteiger partial charge in [0.25, 0.3) is 0 Å². The van der Waals surface area contributed by atoms with Crippen molar-refractivity contribution in [2.24, 2.45) is 17.3 Å². The molecule has 4 bridgehead atoms. The van der Waals surface area contributed by atoms with Crippen LogP contribution in [0.5, 0.6) is 0 Å². The molecule has 4 aliphatic carbocycles. The van der Waals surface area contributed by atoms with E-state index in [0.29, 0.717) is 18.4 Å². The Bertz CT molecular complexity index is 846. The predicted octanol–water partition coefficient (Wildman–Crippen LogP) is 4.54. The molecule has 1 heterocycles. The number of hydrogen-bond donors (Lipinski definition) is 1. The van der Waals surface area contributed by atoms with Crippen molar-refractivity contribution in [3.63, 3.8) is 0 Å². The second kappa shape index (κ2) is 6.19. The van der Waals surface area contributed by atoms with Crippen molar-refractivity contribution >= 4 is 5.91 Å². The molecule has 4 aliphatic rings. The molecule has 1 aromatic carbocycles. The van der Waals surface area contributed by atoms with Crippen molar-refractivity contribution in [1.29, 1.82) is 0 Å². The lowest BCUT2D eigenvalue weighted by Gasteiger charge is -2.61. The first-order valence-corrected chi connectivity index (χ1v) is 10.3. The molecule has 2 aromatic rings. The van der Waals surface area contributed by atoms with Gasteiger partial charge in [-0.05, 0) is 86.0 Å². The fourth-order valence-corrected chi connectivity index (χ4v) is 6.74. The standard InChI is InChI=1S/C24H28N2O/c1-17-9-18(7-8-25-17)15-26-22(27)24-13-19-10-20(14-24)12-23(11-19,16-24)21-5-3-2-4-6-21/h2-9,19-20H,10-16H2,1H3,(H,26,27). The number of amides is 1. The van der Waals surface area contributed by atoms with Crippen LogP contribution in [0.3, 0.4) is 0 Å². The van der Waals surface area contributed by atoms with Crippen LogP contribution in [-0.4, -0.2) is 10.9 Å². The molecule has 3 heteroatoms. The Kier molecular flexibility index (Phi) is 3.89. The molecule has 2 atom stereocenters. The van der Waals surface area contributed by atoms with Gasteiger partial charge in [-0.3, -0.25) is 9.78 Å². The van der Waals surface area contributed by atoms with Crippen LogP contribution in [0.4, 0.5) is 0 Å². The van der Waals surface area contributed by atoms with E-state index >= 15 is 0 Å². The summed E-state index contributed by atoms with van der Waals surface area (Å²) >= 11 is 0. The van der Waals surface area contributed by atoms with E-state index in [1.165, 1.54) is 24.8 Å². The number of hydrogen-bond acceptors (Lipinski definition) is 2. The van der Waals surface area contributed by atoms with Crippen LogP contribution in [0.25, 0.3) is 0 Å². The van der Waals surface area contributed by atoms with Gasteiger partial charge in [0.1, 0.15) is 0 Å². The first-order chi connectivity index (χ1) is 13.1. The van der Waals surface area contributed by atoms with Crippen molar-refractivity contribution in [2.75, 3.05) is 0 Å². The molecular weight excluding hydrogens is 332 g/mol. The average Bonchev–Trinajstić information content (AvgIpc) is 2.66. The molecule has 1 aromatic heterocycles. The topological polar surface area (TPSA) is 42.0 Å². The predicted molar refractivity (Wildman–Crippen MR) is 106 cm³/mol. The third-order valence-electron chi connectivity index (χ3n) is 7.34. The largest absolute Gasteiger partial charge is 0.352 e. The highest BCUT2D eigenvalue weighted by Gasteiger charge is 2.60. The zero-order chi connectivity index (χ0) is 18.5. The van der Waals surface area contributed by atoms with Crippen LogP contribution in [0.2, 0.25) is 0 Å². The van der Waals surface area contributed by atoms with Crippen molar-refractivity contribution in [1.82, 2.24) is 10.3 Å². The first kappa shape index (κ1) is 17.0. The Balaban J connectivity index is 1.39. The highest BCUT2D eigenvalue weighted by atomic mass is 16.2. The summed E-state index contributed by atoms with van der Waals surface area (Å²) in [6.07, 6.45) is 8.88. The maximum atomic E-state index is 13.4. The molecule has 0 saturated heterocycles. The molecule has 4 fully saturated rings. The zero-order valence-electron chi connectivity index (χ0n) is 16.1. The Morgan fingerprint density at radius 1 is 1.11 bits per heavy atom. The average molecular weight is 361 g/mol. The van der Waals surface area contributed by atoms with Gasteiger partial charge in [0.15, 0.2) is 0 Å². The molecule has 2 unspecified atom stereocenters. The van der Waals surface area contributed by atoms with Crippen LogP contribution in [0, 0.1) is 24.2 Å². The summed E-state index contributed by atoms with van der Waals surface area (Å²) in [5, 5.41) is 3.29. The van der Waals surface area contributed by atoms with Gasteiger partial charge in [0, 0.05) is 18.4 Å². The van der Waals surface area contributed by atoms with Gasteiger partial charge in [-0.15, -0.1) is 0 Å². The molecule has 4 saturated carbocycles. The van der Waals surface area contributed by atoms with E-state index in [4.69, 9.17) is 0 Å². The third kappa shape index (κ3) is 2.88. The van der Waals surface area contributed by atoms with Crippen LogP contribution < -0.4 is 5.32 Å². The van der Waals surface area contributed by atoms with E-state index in [0.717, 1.165) is 30.5 Å². The Morgan fingerprint density at radius 3 is 2.56 bits per heavy atom. The maximum absolute atomic E-state index is 13.4. The van der Waals surface area contributed by atoms with Gasteiger partial charge in [0.05, 0.1) is 5.41 Å². The molecule has 3 nitrogen and oxygen atoms in total. The van der Waals surface area contributed by atoms with E-state index in [-0.39, 0.29) is 16.7 Å². The van der Waals surface area contributed by atoms with E-state index in [1.807, 2.05) is 19.2 Å². The number of aromatic nitrogens is 1. The highest BCUT2D eigenvalue weighted by Crippen LogP contribution is 2.65. The molecule has 140 valence electrons. The van der Waals surface area contributed by atoms with Crippen molar-refractivity contribution < 1.29 is 4.79 Å². The summed E-state index contributed by atoms with van der Waals surface area (Å²) in [4.78, 5) is 17.7. The molecular formula is C24H28N2O. The number of benzene rings is 1. The summed E-state index contributed by atoms with van der Waals surface area (Å²) in [6, 6.07) is 15.1. The van der Waals surface area contributed by atoms with Gasteiger partial charge in [-0.25, -0.2) is 0 Å². The normalized spacial score (nSPS) is 33.8. The quantitative estimate of drug-likeness (QED) is 0.869. The second-order valence-corrected chi connectivity index (χ2v) is 9.38. The fraction of sp³-hybridized carbons (Fsp3) is 0.500. The van der Waals surface area contributed by atoms with Crippen molar-refractivity contribution in [3.05, 3.63) is 65.5 Å². The third-order valence-corrected chi connectivity index (χ3v) is 7.34. The molecule has 27 heavy (non-hydrogen) atoms. The van der Waals surface area contributed by atoms with Gasteiger partial charge in [0.2, 0.25) is 5.91 Å². The number of nitrogens with one attached hydrogen (secondary N) is 1. The highest BCUT2D eigenvalue weighted by molar-refractivity contribution is 5.83. The Morgan fingerprint density at radius 2 is 1.85 bits per heavy atom. The number of nitrogens with zero attached hydrogens (tertiary/aromatic N) is 1. The molecule has 0 spiro atoms. The second-order valence-electron chi connectivity index (χ2n) is 9.38. The molecule has 6 rings (SSSR count). The smallest absolute Gasteiger partial charge is 0.226 e. The van der Waals surface area contributed by atoms with Gasteiger partial charge in [-0.2, -0.15) is 0 Å². The first-order valence-electron chi connectivity index (χ1n) is 10.3. The van der Waals surface area contributed by atoms with E-state index < -0.39 is 0 Å². The van der Waals surface area contributed by atoms with E-state index in [1.54, 1.807) is 0 Å². The minimum Gasteiger partial charge on any atom is -0.352 e. The summed E-state index contributed by atoms with van der Waals surface area (Å²) < 4.78 is 0. The number of pyridine rings is 1. The van der Waals surface area contributed by atoms with E-state index in [2.05, 4.69) is 46.7 Å². The summed E-state index contributed by atoms with van der Waals surface area (Å²) in [5.41, 5.74) is 3.65. The number of rotatable bonds is 4. The lowest BCUT2D eigenvalue weighted by molar-refractivity contribution is -0.149. The lowest BCUT2D eigenvalue weighted by atomic mass is 9.42. The molecule has 0 aliphatic heterocycles. The van der Waals surface area contributed by atoms with Crippen molar-refractivity contribution in [2.45, 2.75) is 57.4 Å². The van der Waals surface area contributed by atoms with Crippen LogP contribution in [0.1, 0.15) is 55.3 Å². The maximum Gasteiger partial charge on any atom is 0.226 e. The summed E-state index contributed by atoms with van der Waals surface area (Å²) in [6.45, 7) is 2.60. The fourth-order valence-electron chi connectivity index (χ4n) is 6.74. The zero-order valence-corrected chi connectivity index (χ0v) is 16.1. The molecule has 1 amide bonds. The van der Waals surface area contributed by atoms with Gasteiger partial charge < -0.3 is 5.32 Å². The molecule has 0 radical (unpaired) electrons. The monoisotopic (exact) mass is 360 g/mol. The lowest BCUT2D eigenvalue weighted by Crippen LogP contribution is -2.59. The van der Waals surface area contributed by atoms with Gasteiger partial charge in [-0.1, -0.05) is 30.3 Å².